The third-order valence-corrected chi connectivity index (χ3v) is 4.53. The molecule has 0 atom stereocenters. The van der Waals surface area contributed by atoms with E-state index >= 15 is 0 Å². The molecule has 3 rings (SSSR count). The highest BCUT2D eigenvalue weighted by Gasteiger charge is 2.20. The molecule has 1 saturated heterocycles. The molecule has 0 spiro atoms. The SMILES string of the molecule is O=C(CCc1ccc(-c2ccccc2F)o1)N1CCN(CCO)CC1. The van der Waals surface area contributed by atoms with E-state index in [4.69, 9.17) is 9.52 Å². The van der Waals surface area contributed by atoms with Gasteiger partial charge in [0.25, 0.3) is 0 Å². The van der Waals surface area contributed by atoms with Gasteiger partial charge in [-0.25, -0.2) is 4.39 Å². The molecule has 6 heteroatoms. The van der Waals surface area contributed by atoms with Crippen LogP contribution in [0.25, 0.3) is 11.3 Å². The van der Waals surface area contributed by atoms with E-state index in [-0.39, 0.29) is 18.3 Å². The van der Waals surface area contributed by atoms with Crippen LogP contribution >= 0.6 is 0 Å². The van der Waals surface area contributed by atoms with E-state index in [2.05, 4.69) is 4.90 Å². The normalized spacial score (nSPS) is 15.5. The maximum atomic E-state index is 13.8. The Morgan fingerprint density at radius 2 is 1.88 bits per heavy atom. The molecule has 1 amide bonds. The Morgan fingerprint density at radius 3 is 2.60 bits per heavy atom. The van der Waals surface area contributed by atoms with Gasteiger partial charge in [0.2, 0.25) is 5.91 Å². The number of hydrogen-bond acceptors (Lipinski definition) is 4. The summed E-state index contributed by atoms with van der Waals surface area (Å²) in [5.41, 5.74) is 0.431. The Hall–Kier alpha value is -2.18. The van der Waals surface area contributed by atoms with E-state index in [9.17, 15) is 9.18 Å². The molecule has 0 aliphatic carbocycles. The molecule has 1 aromatic carbocycles. The summed E-state index contributed by atoms with van der Waals surface area (Å²) in [6.45, 7) is 3.79. The Morgan fingerprint density at radius 1 is 1.12 bits per heavy atom. The molecule has 1 N–H and O–H groups in total. The number of aliphatic hydroxyl groups excluding tert-OH is 1. The highest BCUT2D eigenvalue weighted by molar-refractivity contribution is 5.76. The standard InChI is InChI=1S/C19H23FN2O3/c20-17-4-2-1-3-16(17)18-7-5-15(25-18)6-8-19(24)22-11-9-21(10-12-22)13-14-23/h1-5,7,23H,6,8-14H2. The minimum absolute atomic E-state index is 0.104. The Kier molecular flexibility index (Phi) is 5.83. The number of amides is 1. The second-order valence-electron chi connectivity index (χ2n) is 6.19. The summed E-state index contributed by atoms with van der Waals surface area (Å²) in [5, 5.41) is 8.95. The third-order valence-electron chi connectivity index (χ3n) is 4.53. The van der Waals surface area contributed by atoms with Gasteiger partial charge in [0.1, 0.15) is 17.3 Å². The number of aliphatic hydroxyl groups is 1. The van der Waals surface area contributed by atoms with Crippen molar-refractivity contribution < 1.29 is 18.7 Å². The molecule has 1 aromatic heterocycles. The quantitative estimate of drug-likeness (QED) is 0.871. The average Bonchev–Trinajstić information content (AvgIpc) is 3.10. The molecular formula is C19H23FN2O3. The second-order valence-corrected chi connectivity index (χ2v) is 6.19. The number of carbonyl (C=O) groups excluding carboxylic acids is 1. The maximum absolute atomic E-state index is 13.8. The molecule has 2 aromatic rings. The van der Waals surface area contributed by atoms with Crippen LogP contribution in [0.4, 0.5) is 4.39 Å². The Bertz CT molecular complexity index is 708. The first-order valence-corrected chi connectivity index (χ1v) is 8.62. The van der Waals surface area contributed by atoms with Crippen molar-refractivity contribution in [2.75, 3.05) is 39.3 Å². The number of benzene rings is 1. The van der Waals surface area contributed by atoms with Gasteiger partial charge in [-0.3, -0.25) is 9.69 Å². The topological polar surface area (TPSA) is 56.9 Å². The lowest BCUT2D eigenvalue weighted by Crippen LogP contribution is -2.49. The van der Waals surface area contributed by atoms with Crippen LogP contribution < -0.4 is 0 Å². The molecule has 1 aliphatic rings. The van der Waals surface area contributed by atoms with Crippen molar-refractivity contribution in [3.8, 4) is 11.3 Å². The van der Waals surface area contributed by atoms with Crippen LogP contribution in [-0.2, 0) is 11.2 Å². The summed E-state index contributed by atoms with van der Waals surface area (Å²) in [6.07, 6.45) is 0.883. The zero-order chi connectivity index (χ0) is 17.6. The van der Waals surface area contributed by atoms with Gasteiger partial charge < -0.3 is 14.4 Å². The summed E-state index contributed by atoms with van der Waals surface area (Å²) >= 11 is 0. The Balaban J connectivity index is 1.51. The number of nitrogens with zero attached hydrogens (tertiary/aromatic N) is 2. The van der Waals surface area contributed by atoms with E-state index in [1.54, 1.807) is 30.3 Å². The number of piperazine rings is 1. The fourth-order valence-electron chi connectivity index (χ4n) is 3.07. The predicted octanol–water partition coefficient (Wildman–Crippen LogP) is 2.15. The minimum atomic E-state index is -0.319. The zero-order valence-corrected chi connectivity index (χ0v) is 14.2. The van der Waals surface area contributed by atoms with Gasteiger partial charge in [-0.15, -0.1) is 0 Å². The molecule has 1 aliphatic heterocycles. The van der Waals surface area contributed by atoms with Crippen LogP contribution in [0.1, 0.15) is 12.2 Å². The van der Waals surface area contributed by atoms with Crippen molar-refractivity contribution in [1.82, 2.24) is 9.80 Å². The first kappa shape index (κ1) is 17.6. The second kappa shape index (κ2) is 8.27. The van der Waals surface area contributed by atoms with Gasteiger partial charge >= 0.3 is 0 Å². The molecule has 0 bridgehead atoms. The van der Waals surface area contributed by atoms with E-state index in [1.807, 2.05) is 4.90 Å². The number of rotatable bonds is 6. The predicted molar refractivity (Wildman–Crippen MR) is 92.5 cm³/mol. The van der Waals surface area contributed by atoms with Gasteiger partial charge in [-0.1, -0.05) is 12.1 Å². The average molecular weight is 346 g/mol. The summed E-state index contributed by atoms with van der Waals surface area (Å²) in [7, 11) is 0. The molecule has 5 nitrogen and oxygen atoms in total. The van der Waals surface area contributed by atoms with Gasteiger partial charge in [0.05, 0.1) is 12.2 Å². The highest BCUT2D eigenvalue weighted by atomic mass is 19.1. The number of aryl methyl sites for hydroxylation is 1. The van der Waals surface area contributed by atoms with E-state index in [0.717, 1.165) is 13.1 Å². The number of carbonyl (C=O) groups is 1. The van der Waals surface area contributed by atoms with Crippen molar-refractivity contribution in [1.29, 1.82) is 0 Å². The monoisotopic (exact) mass is 346 g/mol. The molecule has 2 heterocycles. The lowest BCUT2D eigenvalue weighted by Gasteiger charge is -2.34. The third kappa shape index (κ3) is 4.46. The highest BCUT2D eigenvalue weighted by Crippen LogP contribution is 2.25. The van der Waals surface area contributed by atoms with Crippen LogP contribution in [0, 0.1) is 5.82 Å². The van der Waals surface area contributed by atoms with Gasteiger partial charge in [-0.2, -0.15) is 0 Å². The van der Waals surface area contributed by atoms with E-state index in [1.165, 1.54) is 6.07 Å². The number of halogens is 1. The first-order chi connectivity index (χ1) is 12.2. The largest absolute Gasteiger partial charge is 0.461 e. The summed E-state index contributed by atoms with van der Waals surface area (Å²) in [5.74, 6) is 0.955. The van der Waals surface area contributed by atoms with Crippen LogP contribution in [0.2, 0.25) is 0 Å². The Labute approximate surface area is 146 Å². The molecule has 0 radical (unpaired) electrons. The smallest absolute Gasteiger partial charge is 0.223 e. The first-order valence-electron chi connectivity index (χ1n) is 8.62. The zero-order valence-electron chi connectivity index (χ0n) is 14.2. The van der Waals surface area contributed by atoms with Gasteiger partial charge in [0, 0.05) is 45.6 Å². The number of hydrogen-bond donors (Lipinski definition) is 1. The summed E-state index contributed by atoms with van der Waals surface area (Å²) < 4.78 is 19.5. The minimum Gasteiger partial charge on any atom is -0.461 e. The van der Waals surface area contributed by atoms with Crippen molar-refractivity contribution in [2.24, 2.45) is 0 Å². The summed E-state index contributed by atoms with van der Waals surface area (Å²) in [4.78, 5) is 16.3. The van der Waals surface area contributed by atoms with Crippen LogP contribution in [0.3, 0.4) is 0 Å². The van der Waals surface area contributed by atoms with E-state index in [0.29, 0.717) is 49.6 Å². The van der Waals surface area contributed by atoms with Crippen molar-refractivity contribution >= 4 is 5.91 Å². The lowest BCUT2D eigenvalue weighted by molar-refractivity contribution is -0.133. The van der Waals surface area contributed by atoms with Crippen molar-refractivity contribution in [2.45, 2.75) is 12.8 Å². The summed E-state index contributed by atoms with van der Waals surface area (Å²) in [6, 6.07) is 10.0. The fourth-order valence-corrected chi connectivity index (χ4v) is 3.07. The van der Waals surface area contributed by atoms with E-state index < -0.39 is 0 Å². The van der Waals surface area contributed by atoms with Gasteiger partial charge in [0.15, 0.2) is 0 Å². The molecular weight excluding hydrogens is 323 g/mol. The molecule has 1 fully saturated rings. The maximum Gasteiger partial charge on any atom is 0.223 e. The van der Waals surface area contributed by atoms with Gasteiger partial charge in [-0.05, 0) is 24.3 Å². The molecule has 0 saturated carbocycles. The van der Waals surface area contributed by atoms with Crippen LogP contribution in [-0.4, -0.2) is 60.1 Å². The van der Waals surface area contributed by atoms with Crippen molar-refractivity contribution in [3.63, 3.8) is 0 Å². The number of β-amino-alcohol motifs (C(OH)–C–C–N with tert-alkyl or cyclic N) is 1. The fraction of sp³-hybridized carbons (Fsp3) is 0.421. The number of furan rings is 1. The van der Waals surface area contributed by atoms with Crippen LogP contribution in [0.15, 0.2) is 40.8 Å². The molecule has 134 valence electrons. The van der Waals surface area contributed by atoms with Crippen molar-refractivity contribution in [3.05, 3.63) is 48.0 Å². The lowest BCUT2D eigenvalue weighted by atomic mass is 10.1. The molecule has 0 unspecified atom stereocenters. The van der Waals surface area contributed by atoms with Crippen LogP contribution in [0.5, 0.6) is 0 Å². The molecule has 25 heavy (non-hydrogen) atoms.